The highest BCUT2D eigenvalue weighted by Gasteiger charge is 2.17. The van der Waals surface area contributed by atoms with Crippen molar-refractivity contribution in [3.63, 3.8) is 0 Å². The number of hydrogen-bond donors (Lipinski definition) is 1. The zero-order valence-corrected chi connectivity index (χ0v) is 5.12. The third-order valence-electron chi connectivity index (χ3n) is 1.81. The van der Waals surface area contributed by atoms with Gasteiger partial charge in [0.05, 0.1) is 12.0 Å². The monoisotopic (exact) mass is 123 g/mol. The van der Waals surface area contributed by atoms with Gasteiger partial charge in [-0.15, -0.1) is 0 Å². The molecule has 1 aromatic rings. The molecule has 2 N–H and O–H groups in total. The van der Waals surface area contributed by atoms with Crippen LogP contribution < -0.4 is 5.73 Å². The van der Waals surface area contributed by atoms with E-state index in [0.29, 0.717) is 0 Å². The van der Waals surface area contributed by atoms with Crippen LogP contribution in [0, 0.1) is 0 Å². The van der Waals surface area contributed by atoms with E-state index in [9.17, 15) is 0 Å². The van der Waals surface area contributed by atoms with Gasteiger partial charge in [0.25, 0.3) is 0 Å². The zero-order chi connectivity index (χ0) is 6.27. The van der Waals surface area contributed by atoms with Crippen LogP contribution in [-0.2, 0) is 6.54 Å². The summed E-state index contributed by atoms with van der Waals surface area (Å²) in [6, 6.07) is 0.229. The van der Waals surface area contributed by atoms with E-state index in [2.05, 4.69) is 9.55 Å². The molecule has 3 nitrogen and oxygen atoms in total. The lowest BCUT2D eigenvalue weighted by Gasteiger charge is -1.95. The quantitative estimate of drug-likeness (QED) is 0.538. The van der Waals surface area contributed by atoms with Crippen LogP contribution in [0.2, 0.25) is 0 Å². The summed E-state index contributed by atoms with van der Waals surface area (Å²) < 4.78 is 2.10. The number of imidazole rings is 1. The Bertz CT molecular complexity index is 216. The first-order valence-electron chi connectivity index (χ1n) is 3.13. The molecule has 0 unspecified atom stereocenters. The Morgan fingerprint density at radius 2 is 2.67 bits per heavy atom. The van der Waals surface area contributed by atoms with Gasteiger partial charge in [-0.3, -0.25) is 0 Å². The minimum Gasteiger partial charge on any atom is -0.333 e. The Morgan fingerprint density at radius 1 is 1.78 bits per heavy atom. The Balaban J connectivity index is 2.49. The number of hydrogen-bond acceptors (Lipinski definition) is 2. The van der Waals surface area contributed by atoms with Crippen molar-refractivity contribution in [2.75, 3.05) is 0 Å². The third-order valence-corrected chi connectivity index (χ3v) is 1.81. The van der Waals surface area contributed by atoms with Crippen LogP contribution in [0.25, 0.3) is 0 Å². The molecule has 0 radical (unpaired) electrons. The van der Waals surface area contributed by atoms with Gasteiger partial charge >= 0.3 is 0 Å². The summed E-state index contributed by atoms with van der Waals surface area (Å²) >= 11 is 0. The molecule has 1 aromatic heterocycles. The lowest BCUT2D eigenvalue weighted by molar-refractivity contribution is 0.678. The highest BCUT2D eigenvalue weighted by molar-refractivity contribution is 5.08. The molecule has 0 aromatic carbocycles. The molecule has 48 valence electrons. The molecule has 0 saturated carbocycles. The first kappa shape index (κ1) is 4.99. The molecule has 1 aliphatic rings. The van der Waals surface area contributed by atoms with Crippen molar-refractivity contribution < 1.29 is 0 Å². The molecule has 0 bridgehead atoms. The van der Waals surface area contributed by atoms with Crippen LogP contribution >= 0.6 is 0 Å². The summed E-state index contributed by atoms with van der Waals surface area (Å²) in [5, 5.41) is 0. The fraction of sp³-hybridized carbons (Fsp3) is 0.500. The van der Waals surface area contributed by atoms with E-state index >= 15 is 0 Å². The van der Waals surface area contributed by atoms with Crippen molar-refractivity contribution in [1.29, 1.82) is 0 Å². The first-order chi connectivity index (χ1) is 4.38. The molecule has 2 heterocycles. The Kier molecular flexibility index (Phi) is 0.873. The molecule has 0 saturated heterocycles. The van der Waals surface area contributed by atoms with Crippen molar-refractivity contribution in [3.05, 3.63) is 18.2 Å². The van der Waals surface area contributed by atoms with Crippen molar-refractivity contribution in [3.8, 4) is 0 Å². The van der Waals surface area contributed by atoms with Crippen molar-refractivity contribution in [1.82, 2.24) is 9.55 Å². The van der Waals surface area contributed by atoms with E-state index in [4.69, 9.17) is 5.73 Å². The number of aromatic nitrogens is 2. The largest absolute Gasteiger partial charge is 0.333 e. The molecule has 0 fully saturated rings. The van der Waals surface area contributed by atoms with E-state index in [1.54, 1.807) is 0 Å². The van der Waals surface area contributed by atoms with Crippen LogP contribution in [0.3, 0.4) is 0 Å². The van der Waals surface area contributed by atoms with Crippen LogP contribution in [0.1, 0.15) is 18.2 Å². The number of nitrogens with zero attached hydrogens (tertiary/aromatic N) is 2. The van der Waals surface area contributed by atoms with E-state index in [-0.39, 0.29) is 6.04 Å². The molecule has 2 rings (SSSR count). The molecule has 0 aliphatic carbocycles. The maximum absolute atomic E-state index is 5.73. The minimum atomic E-state index is 0.229. The van der Waals surface area contributed by atoms with E-state index in [1.165, 1.54) is 5.69 Å². The summed E-state index contributed by atoms with van der Waals surface area (Å²) in [6.07, 6.45) is 4.75. The lowest BCUT2D eigenvalue weighted by atomic mass is 10.2. The number of fused-ring (bicyclic) bond motifs is 1. The average molecular weight is 123 g/mol. The maximum Gasteiger partial charge on any atom is 0.0948 e. The summed E-state index contributed by atoms with van der Waals surface area (Å²) in [5.74, 6) is 0. The number of aryl methyl sites for hydroxylation is 1. The molecule has 1 aliphatic heterocycles. The van der Waals surface area contributed by atoms with Crippen LogP contribution in [-0.4, -0.2) is 9.55 Å². The predicted molar refractivity (Wildman–Crippen MR) is 33.8 cm³/mol. The van der Waals surface area contributed by atoms with E-state index < -0.39 is 0 Å². The van der Waals surface area contributed by atoms with E-state index in [1.807, 2.05) is 12.5 Å². The van der Waals surface area contributed by atoms with Crippen molar-refractivity contribution >= 4 is 0 Å². The molecule has 3 heteroatoms. The van der Waals surface area contributed by atoms with Crippen molar-refractivity contribution in [2.45, 2.75) is 19.0 Å². The second-order valence-corrected chi connectivity index (χ2v) is 2.41. The third kappa shape index (κ3) is 0.580. The molecular weight excluding hydrogens is 114 g/mol. The van der Waals surface area contributed by atoms with Gasteiger partial charge in [-0.2, -0.15) is 0 Å². The molecule has 0 spiro atoms. The fourth-order valence-electron chi connectivity index (χ4n) is 1.25. The van der Waals surface area contributed by atoms with Gasteiger partial charge in [-0.25, -0.2) is 4.98 Å². The van der Waals surface area contributed by atoms with Crippen LogP contribution in [0.15, 0.2) is 12.5 Å². The SMILES string of the molecule is N[C@@H]1CCn2cncc21. The van der Waals surface area contributed by atoms with Gasteiger partial charge in [0.1, 0.15) is 0 Å². The summed E-state index contributed by atoms with van der Waals surface area (Å²) in [7, 11) is 0. The van der Waals surface area contributed by atoms with Gasteiger partial charge < -0.3 is 10.3 Å². The van der Waals surface area contributed by atoms with Gasteiger partial charge in [0.2, 0.25) is 0 Å². The topological polar surface area (TPSA) is 43.8 Å². The molecule has 0 amide bonds. The number of rotatable bonds is 0. The highest BCUT2D eigenvalue weighted by Crippen LogP contribution is 2.21. The Labute approximate surface area is 53.5 Å². The minimum absolute atomic E-state index is 0.229. The standard InChI is InChI=1S/C6H9N3/c7-5-1-2-9-4-8-3-6(5)9/h3-5H,1-2,7H2/t5-/m1/s1. The smallest absolute Gasteiger partial charge is 0.0948 e. The number of nitrogens with two attached hydrogens (primary N) is 1. The molecule has 9 heavy (non-hydrogen) atoms. The van der Waals surface area contributed by atoms with E-state index in [0.717, 1.165) is 13.0 Å². The molecule has 1 atom stereocenters. The predicted octanol–water partition coefficient (Wildman–Crippen LogP) is 0.287. The fourth-order valence-corrected chi connectivity index (χ4v) is 1.25. The normalized spacial score (nSPS) is 24.3. The second kappa shape index (κ2) is 1.57. The van der Waals surface area contributed by atoms with Gasteiger partial charge in [0, 0.05) is 18.8 Å². The van der Waals surface area contributed by atoms with Crippen molar-refractivity contribution in [2.24, 2.45) is 5.73 Å². The van der Waals surface area contributed by atoms with Gasteiger partial charge in [0.15, 0.2) is 0 Å². The first-order valence-corrected chi connectivity index (χ1v) is 3.13. The van der Waals surface area contributed by atoms with Crippen LogP contribution in [0.4, 0.5) is 0 Å². The Hall–Kier alpha value is -0.830. The molecular formula is C6H9N3. The van der Waals surface area contributed by atoms with Crippen LogP contribution in [0.5, 0.6) is 0 Å². The van der Waals surface area contributed by atoms with Gasteiger partial charge in [-0.05, 0) is 6.42 Å². The average Bonchev–Trinajstić information content (AvgIpc) is 2.35. The second-order valence-electron chi connectivity index (χ2n) is 2.41. The lowest BCUT2D eigenvalue weighted by Crippen LogP contribution is -2.04. The Morgan fingerprint density at radius 3 is 3.44 bits per heavy atom. The maximum atomic E-state index is 5.73. The summed E-state index contributed by atoms with van der Waals surface area (Å²) in [4.78, 5) is 3.98. The highest BCUT2D eigenvalue weighted by atomic mass is 15.1. The summed E-state index contributed by atoms with van der Waals surface area (Å²) in [6.45, 7) is 1.04. The summed E-state index contributed by atoms with van der Waals surface area (Å²) in [5.41, 5.74) is 6.91. The van der Waals surface area contributed by atoms with Gasteiger partial charge in [-0.1, -0.05) is 0 Å². The zero-order valence-electron chi connectivity index (χ0n) is 5.12.